The highest BCUT2D eigenvalue weighted by Crippen LogP contribution is 2.31. The van der Waals surface area contributed by atoms with Crippen molar-refractivity contribution in [1.29, 1.82) is 0 Å². The first-order valence-corrected chi connectivity index (χ1v) is 10.7. The van der Waals surface area contributed by atoms with Gasteiger partial charge in [-0.25, -0.2) is 4.79 Å². The van der Waals surface area contributed by atoms with Crippen molar-refractivity contribution < 1.29 is 17.6 Å². The summed E-state index contributed by atoms with van der Waals surface area (Å²) in [4.78, 5) is 27.9. The number of rotatable bonds is 4. The Labute approximate surface area is 161 Å². The van der Waals surface area contributed by atoms with Crippen LogP contribution in [-0.2, 0) is 10.0 Å². The first kappa shape index (κ1) is 17.6. The lowest BCUT2D eigenvalue weighted by molar-refractivity contribution is 0.100. The molecular weight excluding hydrogens is 408 g/mol. The molecule has 0 radical (unpaired) electrons. The third kappa shape index (κ3) is 3.18. The monoisotopic (exact) mass is 418 g/mol. The predicted octanol–water partition coefficient (Wildman–Crippen LogP) is 3.35. The van der Waals surface area contributed by atoms with Gasteiger partial charge >= 0.3 is 4.94 Å². The van der Waals surface area contributed by atoms with Crippen LogP contribution in [0.1, 0.15) is 10.4 Å². The third-order valence-corrected chi connectivity index (χ3v) is 7.50. The summed E-state index contributed by atoms with van der Waals surface area (Å²) in [5.74, 6) is -0.744. The van der Waals surface area contributed by atoms with E-state index in [1.807, 2.05) is 0 Å². The van der Waals surface area contributed by atoms with Gasteiger partial charge in [-0.15, -0.1) is 11.3 Å². The molecule has 0 unspecified atom stereocenters. The zero-order valence-corrected chi connectivity index (χ0v) is 15.9. The van der Waals surface area contributed by atoms with E-state index in [2.05, 4.69) is 4.98 Å². The van der Waals surface area contributed by atoms with E-state index in [-0.39, 0.29) is 15.5 Å². The quantitative estimate of drug-likeness (QED) is 0.504. The maximum absolute atomic E-state index is 13.2. The summed E-state index contributed by atoms with van der Waals surface area (Å²) in [6, 6.07) is 10.4. The minimum absolute atomic E-state index is 0.0280. The summed E-state index contributed by atoms with van der Waals surface area (Å²) >= 11 is 1.84. The number of thiophene rings is 1. The van der Waals surface area contributed by atoms with Gasteiger partial charge in [-0.05, 0) is 41.8 Å². The van der Waals surface area contributed by atoms with Gasteiger partial charge in [0.1, 0.15) is 9.79 Å². The number of anilines is 1. The SMILES string of the molecule is O=C(c1cccnc1)N(c1ccc2oc(=O)sc2c1)S(=O)(=O)c1cccs1. The molecule has 1 amide bonds. The van der Waals surface area contributed by atoms with E-state index in [0.29, 0.717) is 10.3 Å². The Morgan fingerprint density at radius 2 is 2.00 bits per heavy atom. The van der Waals surface area contributed by atoms with Crippen molar-refractivity contribution >= 4 is 54.6 Å². The number of hydrogen-bond acceptors (Lipinski definition) is 8. The number of aromatic nitrogens is 1. The Morgan fingerprint density at radius 1 is 1.15 bits per heavy atom. The minimum Gasteiger partial charge on any atom is -0.414 e. The van der Waals surface area contributed by atoms with Crippen LogP contribution in [0.5, 0.6) is 0 Å². The molecule has 0 saturated carbocycles. The molecule has 4 aromatic rings. The lowest BCUT2D eigenvalue weighted by Gasteiger charge is -2.21. The molecule has 27 heavy (non-hydrogen) atoms. The topological polar surface area (TPSA) is 97.6 Å². The summed E-state index contributed by atoms with van der Waals surface area (Å²) in [7, 11) is -4.15. The number of benzene rings is 1. The molecule has 0 fully saturated rings. The Hall–Kier alpha value is -2.82. The van der Waals surface area contributed by atoms with Crippen molar-refractivity contribution in [2.45, 2.75) is 4.21 Å². The van der Waals surface area contributed by atoms with Gasteiger partial charge in [-0.2, -0.15) is 12.7 Å². The highest BCUT2D eigenvalue weighted by atomic mass is 32.2. The zero-order chi connectivity index (χ0) is 19.0. The lowest BCUT2D eigenvalue weighted by Crippen LogP contribution is -2.36. The van der Waals surface area contributed by atoms with Crippen LogP contribution in [0.3, 0.4) is 0 Å². The molecular formula is C17H10N2O5S3. The van der Waals surface area contributed by atoms with Gasteiger partial charge < -0.3 is 4.42 Å². The number of amides is 1. The van der Waals surface area contributed by atoms with E-state index < -0.39 is 20.9 Å². The van der Waals surface area contributed by atoms with Gasteiger partial charge in [-0.3, -0.25) is 9.78 Å². The van der Waals surface area contributed by atoms with Crippen LogP contribution in [0.15, 0.2) is 73.7 Å². The van der Waals surface area contributed by atoms with Gasteiger partial charge in [0.25, 0.3) is 15.9 Å². The smallest absolute Gasteiger partial charge is 0.396 e. The fraction of sp³-hybridized carbons (Fsp3) is 0. The fourth-order valence-corrected chi connectivity index (χ4v) is 5.63. The van der Waals surface area contributed by atoms with Crippen LogP contribution in [0.25, 0.3) is 10.3 Å². The standard InChI is InChI=1S/C17H10N2O5S3/c20-16(11-3-1-7-18-10-11)19(27(22,23)15-4-2-8-25-15)12-5-6-13-14(9-12)26-17(21)24-13/h1-10H. The summed E-state index contributed by atoms with van der Waals surface area (Å²) < 4.78 is 32.5. The molecule has 0 aliphatic carbocycles. The fourth-order valence-electron chi connectivity index (χ4n) is 2.46. The van der Waals surface area contributed by atoms with Crippen LogP contribution >= 0.6 is 22.7 Å². The van der Waals surface area contributed by atoms with Crippen molar-refractivity contribution in [3.8, 4) is 0 Å². The Morgan fingerprint density at radius 3 is 2.70 bits per heavy atom. The van der Waals surface area contributed by atoms with Crippen LogP contribution in [0.4, 0.5) is 5.69 Å². The molecule has 7 nitrogen and oxygen atoms in total. The average molecular weight is 418 g/mol. The second kappa shape index (κ2) is 6.72. The van der Waals surface area contributed by atoms with E-state index in [9.17, 15) is 18.0 Å². The molecule has 3 heterocycles. The zero-order valence-electron chi connectivity index (χ0n) is 13.4. The second-order valence-corrected chi connectivity index (χ2v) is 9.27. The van der Waals surface area contributed by atoms with Crippen molar-refractivity contribution in [3.63, 3.8) is 0 Å². The van der Waals surface area contributed by atoms with Crippen LogP contribution in [0, 0.1) is 0 Å². The van der Waals surface area contributed by atoms with Crippen molar-refractivity contribution in [2.24, 2.45) is 0 Å². The molecule has 0 saturated heterocycles. The number of nitrogens with zero attached hydrogens (tertiary/aromatic N) is 2. The van der Waals surface area contributed by atoms with Gasteiger partial charge in [0, 0.05) is 12.4 Å². The Bertz CT molecular complexity index is 1280. The summed E-state index contributed by atoms with van der Waals surface area (Å²) in [6.07, 6.45) is 2.79. The molecule has 3 aromatic heterocycles. The summed E-state index contributed by atoms with van der Waals surface area (Å²) in [6.45, 7) is 0. The maximum Gasteiger partial charge on any atom is 0.396 e. The molecule has 0 N–H and O–H groups in total. The minimum atomic E-state index is -4.15. The van der Waals surface area contributed by atoms with Gasteiger partial charge in [0.15, 0.2) is 0 Å². The van der Waals surface area contributed by atoms with Gasteiger partial charge in [-0.1, -0.05) is 17.4 Å². The maximum atomic E-state index is 13.2. The number of fused-ring (bicyclic) bond motifs is 1. The highest BCUT2D eigenvalue weighted by molar-refractivity contribution is 7.95. The Balaban J connectivity index is 1.92. The molecule has 0 bridgehead atoms. The van der Waals surface area contributed by atoms with Crippen molar-refractivity contribution in [2.75, 3.05) is 4.31 Å². The molecule has 136 valence electrons. The first-order valence-electron chi connectivity index (χ1n) is 7.54. The molecule has 0 aliphatic rings. The molecule has 4 rings (SSSR count). The highest BCUT2D eigenvalue weighted by Gasteiger charge is 2.33. The number of hydrogen-bond donors (Lipinski definition) is 0. The summed E-state index contributed by atoms with van der Waals surface area (Å²) in [5, 5.41) is 1.62. The van der Waals surface area contributed by atoms with Crippen molar-refractivity contribution in [1.82, 2.24) is 4.98 Å². The second-order valence-electron chi connectivity index (χ2n) is 5.33. The molecule has 0 spiro atoms. The largest absolute Gasteiger partial charge is 0.414 e. The third-order valence-electron chi connectivity index (χ3n) is 3.63. The van der Waals surface area contributed by atoms with E-state index in [0.717, 1.165) is 27.0 Å². The van der Waals surface area contributed by atoms with E-state index in [1.54, 1.807) is 17.5 Å². The van der Waals surface area contributed by atoms with E-state index in [1.165, 1.54) is 42.7 Å². The normalized spacial score (nSPS) is 11.6. The average Bonchev–Trinajstić information content (AvgIpc) is 3.31. The van der Waals surface area contributed by atoms with Crippen LogP contribution in [-0.4, -0.2) is 19.3 Å². The summed E-state index contributed by atoms with van der Waals surface area (Å²) in [5.41, 5.74) is 0.566. The predicted molar refractivity (Wildman–Crippen MR) is 103 cm³/mol. The van der Waals surface area contributed by atoms with Crippen LogP contribution < -0.4 is 9.24 Å². The van der Waals surface area contributed by atoms with Gasteiger partial charge in [0.05, 0.1) is 16.0 Å². The molecule has 1 aromatic carbocycles. The number of carbonyl (C=O) groups excluding carboxylic acids is 1. The lowest BCUT2D eigenvalue weighted by atomic mass is 10.2. The molecule has 10 heteroatoms. The molecule has 0 atom stereocenters. The first-order chi connectivity index (χ1) is 13.0. The number of pyridine rings is 1. The van der Waals surface area contributed by atoms with Gasteiger partial charge in [0.2, 0.25) is 0 Å². The number of carbonyl (C=O) groups is 1. The molecule has 0 aliphatic heterocycles. The van der Waals surface area contributed by atoms with Crippen molar-refractivity contribution in [3.05, 3.63) is 75.5 Å². The van der Waals surface area contributed by atoms with E-state index >= 15 is 0 Å². The Kier molecular flexibility index (Phi) is 4.38. The number of sulfonamides is 1. The van der Waals surface area contributed by atoms with Crippen LogP contribution in [0.2, 0.25) is 0 Å². The van der Waals surface area contributed by atoms with E-state index in [4.69, 9.17) is 4.42 Å².